The van der Waals surface area contributed by atoms with Gasteiger partial charge < -0.3 is 0 Å². The van der Waals surface area contributed by atoms with E-state index in [1.165, 1.54) is 39.0 Å². The molecule has 3 nitrogen and oxygen atoms in total. The van der Waals surface area contributed by atoms with E-state index < -0.39 is 0 Å². The van der Waals surface area contributed by atoms with Gasteiger partial charge in [-0.05, 0) is 90.8 Å². The summed E-state index contributed by atoms with van der Waals surface area (Å²) in [6.07, 6.45) is 40.0. The molecule has 0 amide bonds. The van der Waals surface area contributed by atoms with Gasteiger partial charge in [0.15, 0.2) is 0 Å². The SMILES string of the molecule is C=C/C=C\C/C=C\c1nc(/C(=C2\C=CC=CC2)c2ccccc2Cc2cccc(-c3ccncc3)n2)c2c(c1C)C/C=C\C=C/CC=C2. The number of aromatic nitrogens is 3. The highest BCUT2D eigenvalue weighted by Gasteiger charge is 2.22. The minimum Gasteiger partial charge on any atom is -0.265 e. The first-order chi connectivity index (χ1) is 23.7. The van der Waals surface area contributed by atoms with Crippen molar-refractivity contribution in [1.82, 2.24) is 15.0 Å². The van der Waals surface area contributed by atoms with Gasteiger partial charge in [0, 0.05) is 41.2 Å². The van der Waals surface area contributed by atoms with Gasteiger partial charge in [0.1, 0.15) is 0 Å². The van der Waals surface area contributed by atoms with Crippen molar-refractivity contribution in [3.05, 3.63) is 203 Å². The molecule has 0 atom stereocenters. The van der Waals surface area contributed by atoms with Crippen LogP contribution in [-0.2, 0) is 12.8 Å². The summed E-state index contributed by atoms with van der Waals surface area (Å²) < 4.78 is 0. The summed E-state index contributed by atoms with van der Waals surface area (Å²) in [5.41, 5.74) is 13.6. The van der Waals surface area contributed by atoms with Crippen molar-refractivity contribution in [3.63, 3.8) is 0 Å². The molecule has 3 heteroatoms. The molecule has 4 aromatic rings. The van der Waals surface area contributed by atoms with Crippen LogP contribution < -0.4 is 0 Å². The Kier molecular flexibility index (Phi) is 10.9. The Bertz CT molecular complexity index is 2010. The molecule has 2 aliphatic carbocycles. The number of allylic oxidation sites excluding steroid dienone is 14. The van der Waals surface area contributed by atoms with Crippen LogP contribution in [0, 0.1) is 6.92 Å². The molecular formula is C45H41N3. The fourth-order valence-corrected chi connectivity index (χ4v) is 6.20. The largest absolute Gasteiger partial charge is 0.265 e. The second-order valence-electron chi connectivity index (χ2n) is 11.8. The second-order valence-corrected chi connectivity index (χ2v) is 11.8. The summed E-state index contributed by atoms with van der Waals surface area (Å²) in [5, 5.41) is 0. The van der Waals surface area contributed by atoms with Gasteiger partial charge in [-0.1, -0.05) is 122 Å². The normalized spacial score (nSPS) is 16.6. The molecule has 0 radical (unpaired) electrons. The van der Waals surface area contributed by atoms with Crippen LogP contribution in [0.5, 0.6) is 0 Å². The van der Waals surface area contributed by atoms with Gasteiger partial charge in [-0.15, -0.1) is 0 Å². The van der Waals surface area contributed by atoms with E-state index in [9.17, 15) is 0 Å². The molecule has 2 aliphatic rings. The van der Waals surface area contributed by atoms with E-state index in [4.69, 9.17) is 9.97 Å². The molecule has 0 unspecified atom stereocenters. The number of hydrogen-bond acceptors (Lipinski definition) is 3. The third kappa shape index (κ3) is 7.82. The highest BCUT2D eigenvalue weighted by molar-refractivity contribution is 5.89. The Balaban J connectivity index is 1.54. The summed E-state index contributed by atoms with van der Waals surface area (Å²) >= 11 is 0. The van der Waals surface area contributed by atoms with Crippen molar-refractivity contribution in [2.24, 2.45) is 0 Å². The van der Waals surface area contributed by atoms with E-state index in [-0.39, 0.29) is 0 Å². The minimum absolute atomic E-state index is 0.700. The number of pyridine rings is 3. The average molecular weight is 624 g/mol. The third-order valence-electron chi connectivity index (χ3n) is 8.61. The first-order valence-corrected chi connectivity index (χ1v) is 16.7. The Morgan fingerprint density at radius 2 is 1.65 bits per heavy atom. The molecule has 0 saturated carbocycles. The van der Waals surface area contributed by atoms with Gasteiger partial charge >= 0.3 is 0 Å². The van der Waals surface area contributed by atoms with Gasteiger partial charge in [0.25, 0.3) is 0 Å². The number of nitrogens with zero attached hydrogens (tertiary/aromatic N) is 3. The fourth-order valence-electron chi connectivity index (χ4n) is 6.20. The summed E-state index contributed by atoms with van der Waals surface area (Å²) in [6.45, 7) is 6.01. The minimum atomic E-state index is 0.700. The topological polar surface area (TPSA) is 38.7 Å². The van der Waals surface area contributed by atoms with Crippen LogP contribution in [0.4, 0.5) is 0 Å². The van der Waals surface area contributed by atoms with Crippen molar-refractivity contribution in [2.45, 2.75) is 39.0 Å². The van der Waals surface area contributed by atoms with E-state index in [1.807, 2.05) is 36.7 Å². The van der Waals surface area contributed by atoms with Crippen LogP contribution >= 0.6 is 0 Å². The van der Waals surface area contributed by atoms with E-state index in [1.54, 1.807) is 0 Å². The van der Waals surface area contributed by atoms with Gasteiger partial charge in [0.2, 0.25) is 0 Å². The maximum absolute atomic E-state index is 5.52. The van der Waals surface area contributed by atoms with Crippen LogP contribution in [0.1, 0.15) is 64.2 Å². The average Bonchev–Trinajstić information content (AvgIpc) is 3.13. The van der Waals surface area contributed by atoms with Crippen molar-refractivity contribution in [1.29, 1.82) is 0 Å². The molecule has 0 bridgehead atoms. The summed E-state index contributed by atoms with van der Waals surface area (Å²) in [4.78, 5) is 14.8. The van der Waals surface area contributed by atoms with Crippen LogP contribution in [-0.4, -0.2) is 15.0 Å². The van der Waals surface area contributed by atoms with Gasteiger partial charge in [-0.3, -0.25) is 9.97 Å². The van der Waals surface area contributed by atoms with E-state index in [0.29, 0.717) is 6.42 Å². The molecule has 0 aliphatic heterocycles. The first-order valence-electron chi connectivity index (χ1n) is 16.7. The van der Waals surface area contributed by atoms with Gasteiger partial charge in [-0.25, -0.2) is 4.98 Å². The lowest BCUT2D eigenvalue weighted by molar-refractivity contribution is 1.06. The monoisotopic (exact) mass is 623 g/mol. The van der Waals surface area contributed by atoms with E-state index >= 15 is 0 Å². The highest BCUT2D eigenvalue weighted by atomic mass is 14.7. The molecule has 1 aromatic carbocycles. The second kappa shape index (κ2) is 16.2. The molecule has 0 spiro atoms. The van der Waals surface area contributed by atoms with Crippen LogP contribution in [0.3, 0.4) is 0 Å². The zero-order chi connectivity index (χ0) is 33.0. The van der Waals surface area contributed by atoms with Crippen molar-refractivity contribution < 1.29 is 0 Å². The van der Waals surface area contributed by atoms with Crippen LogP contribution in [0.25, 0.3) is 29.0 Å². The number of fused-ring (bicyclic) bond motifs is 1. The fraction of sp³-hybridized carbons (Fsp3) is 0.133. The molecule has 48 heavy (non-hydrogen) atoms. The molecule has 0 fully saturated rings. The molecule has 0 N–H and O–H groups in total. The predicted octanol–water partition coefficient (Wildman–Crippen LogP) is 11.0. The predicted molar refractivity (Wildman–Crippen MR) is 203 cm³/mol. The Morgan fingerprint density at radius 1 is 0.812 bits per heavy atom. The first kappa shape index (κ1) is 32.3. The zero-order valence-corrected chi connectivity index (χ0v) is 27.6. The lowest BCUT2D eigenvalue weighted by Crippen LogP contribution is -2.09. The maximum atomic E-state index is 5.52. The maximum Gasteiger partial charge on any atom is 0.0793 e. The number of hydrogen-bond donors (Lipinski definition) is 0. The lowest BCUT2D eigenvalue weighted by Gasteiger charge is -2.23. The number of benzene rings is 1. The van der Waals surface area contributed by atoms with Gasteiger partial charge in [-0.2, -0.15) is 0 Å². The standard InChI is InChI=1S/C45H41N3/c1-3-4-5-8-16-27-42-34(2)39-24-14-9-6-7-10-15-26-41(39)45(48-42)44(36-20-12-11-13-21-36)40-25-18-17-22-37(40)33-38-23-19-28-43(47-38)35-29-31-46-32-30-35/h3-7,9,11-20,22-23,25-32H,1,8,10,21,24,33H2,2H3/b5-4-,7-6-,14-9-,26-15?,27-16-,44-36+. The molecular weight excluding hydrogens is 583 g/mol. The van der Waals surface area contributed by atoms with Crippen molar-refractivity contribution in [3.8, 4) is 11.3 Å². The van der Waals surface area contributed by atoms with Gasteiger partial charge in [0.05, 0.1) is 17.1 Å². The number of rotatable bonds is 9. The Hall–Kier alpha value is -5.67. The van der Waals surface area contributed by atoms with Crippen molar-refractivity contribution in [2.75, 3.05) is 0 Å². The van der Waals surface area contributed by atoms with Crippen LogP contribution in [0.15, 0.2) is 158 Å². The lowest BCUT2D eigenvalue weighted by atomic mass is 9.84. The molecule has 236 valence electrons. The highest BCUT2D eigenvalue weighted by Crippen LogP contribution is 2.38. The Morgan fingerprint density at radius 3 is 2.50 bits per heavy atom. The quantitative estimate of drug-likeness (QED) is 0.174. The van der Waals surface area contributed by atoms with Crippen LogP contribution in [0.2, 0.25) is 0 Å². The smallest absolute Gasteiger partial charge is 0.0793 e. The molecule has 6 rings (SSSR count). The summed E-state index contributed by atoms with van der Waals surface area (Å²) in [6, 6.07) is 19.1. The Labute approximate surface area is 285 Å². The molecule has 0 saturated heterocycles. The van der Waals surface area contributed by atoms with Crippen molar-refractivity contribution >= 4 is 17.7 Å². The summed E-state index contributed by atoms with van der Waals surface area (Å²) in [5.74, 6) is 0. The van der Waals surface area contributed by atoms with E-state index in [2.05, 4.69) is 140 Å². The van der Waals surface area contributed by atoms with E-state index in [0.717, 1.165) is 54.0 Å². The third-order valence-corrected chi connectivity index (χ3v) is 8.61. The zero-order valence-electron chi connectivity index (χ0n) is 27.6. The molecule has 3 heterocycles. The summed E-state index contributed by atoms with van der Waals surface area (Å²) in [7, 11) is 0. The molecule has 3 aromatic heterocycles.